The molecular formula is C9H17N3O5S. The van der Waals surface area contributed by atoms with Crippen molar-refractivity contribution in [3.8, 4) is 0 Å². The summed E-state index contributed by atoms with van der Waals surface area (Å²) in [7, 11) is 0. The van der Waals surface area contributed by atoms with E-state index < -0.39 is 42.5 Å². The van der Waals surface area contributed by atoms with Crippen LogP contribution in [-0.4, -0.2) is 58.5 Å². The highest BCUT2D eigenvalue weighted by molar-refractivity contribution is 7.80. The molecule has 0 aliphatic carbocycles. The van der Waals surface area contributed by atoms with Crippen molar-refractivity contribution in [2.75, 3.05) is 12.4 Å². The number of hydrogen-bond acceptors (Lipinski definition) is 6. The molecule has 0 fully saturated rings. The summed E-state index contributed by atoms with van der Waals surface area (Å²) in [6, 6.07) is -3.22. The lowest BCUT2D eigenvalue weighted by Crippen LogP contribution is -2.54. The SMILES string of the molecule is C[C@H](NC(=O)[C@@H](N)CS)C(=O)N[C@@H](CO)C(=O)O. The monoisotopic (exact) mass is 279 g/mol. The van der Waals surface area contributed by atoms with E-state index >= 15 is 0 Å². The maximum absolute atomic E-state index is 11.5. The Kier molecular flexibility index (Phi) is 7.32. The van der Waals surface area contributed by atoms with Gasteiger partial charge in [0.2, 0.25) is 11.8 Å². The minimum absolute atomic E-state index is 0.120. The Morgan fingerprint density at radius 2 is 1.83 bits per heavy atom. The Balaban J connectivity index is 4.34. The predicted octanol–water partition coefficient (Wildman–Crippen LogP) is -2.69. The number of aliphatic hydroxyl groups excluding tert-OH is 1. The van der Waals surface area contributed by atoms with Gasteiger partial charge in [-0.1, -0.05) is 0 Å². The first-order valence-electron chi connectivity index (χ1n) is 5.14. The van der Waals surface area contributed by atoms with Gasteiger partial charge in [0.25, 0.3) is 0 Å². The molecule has 0 aromatic heterocycles. The fraction of sp³-hybridized carbons (Fsp3) is 0.667. The van der Waals surface area contributed by atoms with Crippen molar-refractivity contribution in [2.24, 2.45) is 5.73 Å². The Morgan fingerprint density at radius 1 is 1.28 bits per heavy atom. The van der Waals surface area contributed by atoms with Gasteiger partial charge in [0.15, 0.2) is 0 Å². The van der Waals surface area contributed by atoms with E-state index in [1.54, 1.807) is 0 Å². The van der Waals surface area contributed by atoms with E-state index in [9.17, 15) is 14.4 Å². The standard InChI is InChI=1S/C9H17N3O5S/c1-4(11-8(15)5(10)3-18)7(14)12-6(2-13)9(16)17/h4-6,13,18H,2-3,10H2,1H3,(H,11,15)(H,12,14)(H,16,17)/t4-,5-,6-/m0/s1. The maximum atomic E-state index is 11.5. The van der Waals surface area contributed by atoms with Crippen LogP contribution in [0.5, 0.6) is 0 Å². The first-order chi connectivity index (χ1) is 8.33. The molecule has 0 rings (SSSR count). The first kappa shape index (κ1) is 16.7. The molecular weight excluding hydrogens is 262 g/mol. The van der Waals surface area contributed by atoms with Crippen molar-refractivity contribution >= 4 is 30.4 Å². The number of nitrogens with two attached hydrogens (primary N) is 1. The van der Waals surface area contributed by atoms with Gasteiger partial charge in [-0.05, 0) is 6.92 Å². The van der Waals surface area contributed by atoms with E-state index in [0.29, 0.717) is 0 Å². The van der Waals surface area contributed by atoms with Crippen LogP contribution in [0.4, 0.5) is 0 Å². The molecule has 8 nitrogen and oxygen atoms in total. The molecule has 2 amide bonds. The lowest BCUT2D eigenvalue weighted by Gasteiger charge is -2.18. The number of nitrogens with one attached hydrogen (secondary N) is 2. The van der Waals surface area contributed by atoms with Gasteiger partial charge in [0, 0.05) is 5.75 Å². The van der Waals surface area contributed by atoms with Gasteiger partial charge in [-0.15, -0.1) is 0 Å². The van der Waals surface area contributed by atoms with Gasteiger partial charge in [-0.25, -0.2) is 4.79 Å². The lowest BCUT2D eigenvalue weighted by atomic mass is 10.2. The normalized spacial score (nSPS) is 15.3. The fourth-order valence-electron chi connectivity index (χ4n) is 0.951. The molecule has 0 heterocycles. The Labute approximate surface area is 109 Å². The van der Waals surface area contributed by atoms with Crippen molar-refractivity contribution in [3.63, 3.8) is 0 Å². The summed E-state index contributed by atoms with van der Waals surface area (Å²) < 4.78 is 0. The third-order valence-electron chi connectivity index (χ3n) is 2.08. The van der Waals surface area contributed by atoms with Crippen molar-refractivity contribution in [1.82, 2.24) is 10.6 Å². The summed E-state index contributed by atoms with van der Waals surface area (Å²) in [6.45, 7) is 0.632. The summed E-state index contributed by atoms with van der Waals surface area (Å²) in [4.78, 5) is 33.4. The molecule has 0 radical (unpaired) electrons. The van der Waals surface area contributed by atoms with Crippen LogP contribution in [0.1, 0.15) is 6.92 Å². The zero-order valence-corrected chi connectivity index (χ0v) is 10.7. The van der Waals surface area contributed by atoms with Crippen LogP contribution in [0.15, 0.2) is 0 Å². The van der Waals surface area contributed by atoms with E-state index in [0.717, 1.165) is 0 Å². The Morgan fingerprint density at radius 3 is 2.22 bits per heavy atom. The molecule has 3 atom stereocenters. The highest BCUT2D eigenvalue weighted by Crippen LogP contribution is 1.90. The van der Waals surface area contributed by atoms with E-state index in [4.69, 9.17) is 15.9 Å². The van der Waals surface area contributed by atoms with E-state index in [1.807, 2.05) is 0 Å². The minimum atomic E-state index is -1.41. The molecule has 0 saturated carbocycles. The molecule has 104 valence electrons. The van der Waals surface area contributed by atoms with Crippen LogP contribution in [0.2, 0.25) is 0 Å². The quantitative estimate of drug-likeness (QED) is 0.280. The van der Waals surface area contributed by atoms with E-state index in [-0.39, 0.29) is 5.75 Å². The molecule has 6 N–H and O–H groups in total. The molecule has 0 aliphatic rings. The van der Waals surface area contributed by atoms with Crippen molar-refractivity contribution in [1.29, 1.82) is 0 Å². The average molecular weight is 279 g/mol. The molecule has 18 heavy (non-hydrogen) atoms. The van der Waals surface area contributed by atoms with Gasteiger partial charge >= 0.3 is 5.97 Å². The topological polar surface area (TPSA) is 142 Å². The molecule has 0 aromatic carbocycles. The van der Waals surface area contributed by atoms with Crippen molar-refractivity contribution in [2.45, 2.75) is 25.0 Å². The number of thiol groups is 1. The van der Waals surface area contributed by atoms with Crippen molar-refractivity contribution < 1.29 is 24.6 Å². The summed E-state index contributed by atoms with van der Waals surface area (Å²) in [5.41, 5.74) is 5.39. The number of carboxylic acid groups (broad SMARTS) is 1. The van der Waals surface area contributed by atoms with E-state index in [1.165, 1.54) is 6.92 Å². The molecule has 0 aliphatic heterocycles. The van der Waals surface area contributed by atoms with E-state index in [2.05, 4.69) is 23.3 Å². The number of hydrogen-bond donors (Lipinski definition) is 6. The maximum Gasteiger partial charge on any atom is 0.328 e. The number of aliphatic hydroxyl groups is 1. The third kappa shape index (κ3) is 5.34. The van der Waals surface area contributed by atoms with Gasteiger partial charge < -0.3 is 26.6 Å². The summed E-state index contributed by atoms with van der Waals surface area (Å²) >= 11 is 3.83. The summed E-state index contributed by atoms with van der Waals surface area (Å²) in [5.74, 6) is -2.54. The predicted molar refractivity (Wildman–Crippen MR) is 66.1 cm³/mol. The molecule has 0 spiro atoms. The van der Waals surface area contributed by atoms with Crippen LogP contribution in [0.3, 0.4) is 0 Å². The second-order valence-corrected chi connectivity index (χ2v) is 3.97. The summed E-state index contributed by atoms with van der Waals surface area (Å²) in [5, 5.41) is 21.7. The number of aliphatic carboxylic acids is 1. The molecule has 0 bridgehead atoms. The number of carboxylic acids is 1. The number of carbonyl (C=O) groups is 3. The largest absolute Gasteiger partial charge is 0.480 e. The van der Waals surface area contributed by atoms with Crippen LogP contribution in [0.25, 0.3) is 0 Å². The number of carbonyl (C=O) groups excluding carboxylic acids is 2. The fourth-order valence-corrected chi connectivity index (χ4v) is 1.12. The summed E-state index contributed by atoms with van der Waals surface area (Å²) in [6.07, 6.45) is 0. The van der Waals surface area contributed by atoms with Crippen LogP contribution < -0.4 is 16.4 Å². The van der Waals surface area contributed by atoms with Crippen LogP contribution in [-0.2, 0) is 14.4 Å². The average Bonchev–Trinajstić information content (AvgIpc) is 2.33. The highest BCUT2D eigenvalue weighted by atomic mass is 32.1. The van der Waals surface area contributed by atoms with Gasteiger partial charge in [-0.2, -0.15) is 12.6 Å². The Bertz CT molecular complexity index is 325. The highest BCUT2D eigenvalue weighted by Gasteiger charge is 2.24. The molecule has 0 saturated heterocycles. The van der Waals surface area contributed by atoms with Gasteiger partial charge in [-0.3, -0.25) is 9.59 Å². The van der Waals surface area contributed by atoms with Crippen LogP contribution in [0, 0.1) is 0 Å². The molecule has 0 aromatic rings. The molecule has 0 unspecified atom stereocenters. The Hall–Kier alpha value is -1.32. The second kappa shape index (κ2) is 7.90. The third-order valence-corrected chi connectivity index (χ3v) is 2.48. The second-order valence-electron chi connectivity index (χ2n) is 3.60. The minimum Gasteiger partial charge on any atom is -0.480 e. The zero-order valence-electron chi connectivity index (χ0n) is 9.79. The number of rotatable bonds is 7. The zero-order chi connectivity index (χ0) is 14.3. The smallest absolute Gasteiger partial charge is 0.328 e. The van der Waals surface area contributed by atoms with Crippen LogP contribution >= 0.6 is 12.6 Å². The van der Waals surface area contributed by atoms with Gasteiger partial charge in [0.05, 0.1) is 12.6 Å². The number of amides is 2. The van der Waals surface area contributed by atoms with Crippen molar-refractivity contribution in [3.05, 3.63) is 0 Å². The molecule has 9 heteroatoms. The first-order valence-corrected chi connectivity index (χ1v) is 5.77. The van der Waals surface area contributed by atoms with Gasteiger partial charge in [0.1, 0.15) is 12.1 Å². The lowest BCUT2D eigenvalue weighted by molar-refractivity contribution is -0.143.